The molecular weight excluding hydrogens is 438 g/mol. The van der Waals surface area contributed by atoms with Crippen molar-refractivity contribution in [1.29, 1.82) is 0 Å². The molecule has 2 aromatic rings. The van der Waals surface area contributed by atoms with Gasteiger partial charge in [-0.3, -0.25) is 0 Å². The van der Waals surface area contributed by atoms with Gasteiger partial charge in [-0.05, 0) is 68.2 Å². The SMILES string of the molecule is CCOc1ccc(Br)cc1C1C(C(=O)OC2CCCCC2)=C(C)Nc2nnnn21. The number of tetrazole rings is 1. The number of hydrogen-bond acceptors (Lipinski definition) is 7. The van der Waals surface area contributed by atoms with Gasteiger partial charge in [0.15, 0.2) is 0 Å². The quantitative estimate of drug-likeness (QED) is 0.672. The minimum atomic E-state index is -0.545. The van der Waals surface area contributed by atoms with Crippen LogP contribution in [0.15, 0.2) is 33.9 Å². The van der Waals surface area contributed by atoms with Crippen LogP contribution < -0.4 is 10.1 Å². The number of nitrogens with one attached hydrogen (secondary N) is 1. The van der Waals surface area contributed by atoms with Crippen LogP contribution in [0.1, 0.15) is 57.6 Å². The minimum Gasteiger partial charge on any atom is -0.494 e. The Morgan fingerprint density at radius 3 is 2.86 bits per heavy atom. The second-order valence-corrected chi connectivity index (χ2v) is 8.21. The van der Waals surface area contributed by atoms with E-state index >= 15 is 0 Å². The lowest BCUT2D eigenvalue weighted by Gasteiger charge is -2.30. The first-order chi connectivity index (χ1) is 14.1. The summed E-state index contributed by atoms with van der Waals surface area (Å²) in [6.45, 7) is 4.28. The van der Waals surface area contributed by atoms with E-state index < -0.39 is 6.04 Å². The average molecular weight is 462 g/mol. The Labute approximate surface area is 177 Å². The third-order valence-electron chi connectivity index (χ3n) is 5.33. The van der Waals surface area contributed by atoms with Crippen LogP contribution in [-0.2, 0) is 9.53 Å². The number of aromatic nitrogens is 4. The third kappa shape index (κ3) is 4.01. The van der Waals surface area contributed by atoms with Crippen molar-refractivity contribution in [2.24, 2.45) is 0 Å². The van der Waals surface area contributed by atoms with Crippen molar-refractivity contribution in [1.82, 2.24) is 20.2 Å². The van der Waals surface area contributed by atoms with Crippen molar-refractivity contribution in [2.75, 3.05) is 11.9 Å². The van der Waals surface area contributed by atoms with Crippen LogP contribution in [0.25, 0.3) is 0 Å². The number of allylic oxidation sites excluding steroid dienone is 1. The van der Waals surface area contributed by atoms with Crippen molar-refractivity contribution in [2.45, 2.75) is 58.1 Å². The molecule has 1 aliphatic heterocycles. The molecule has 1 aromatic carbocycles. The van der Waals surface area contributed by atoms with Gasteiger partial charge in [0.25, 0.3) is 0 Å². The maximum absolute atomic E-state index is 13.3. The average Bonchev–Trinajstić information content (AvgIpc) is 3.17. The van der Waals surface area contributed by atoms with E-state index in [1.165, 1.54) is 6.42 Å². The van der Waals surface area contributed by atoms with Crippen LogP contribution in [0.3, 0.4) is 0 Å². The van der Waals surface area contributed by atoms with Gasteiger partial charge in [0.05, 0.1) is 12.2 Å². The van der Waals surface area contributed by atoms with E-state index in [0.29, 0.717) is 29.6 Å². The fourth-order valence-corrected chi connectivity index (χ4v) is 4.36. The summed E-state index contributed by atoms with van der Waals surface area (Å²) in [4.78, 5) is 13.3. The van der Waals surface area contributed by atoms with Gasteiger partial charge < -0.3 is 14.8 Å². The number of anilines is 1. The fraction of sp³-hybridized carbons (Fsp3) is 0.500. The molecule has 1 unspecified atom stereocenters. The van der Waals surface area contributed by atoms with E-state index in [1.807, 2.05) is 32.0 Å². The van der Waals surface area contributed by atoms with Gasteiger partial charge in [0.1, 0.15) is 17.9 Å². The van der Waals surface area contributed by atoms with Crippen molar-refractivity contribution in [3.05, 3.63) is 39.5 Å². The van der Waals surface area contributed by atoms with Crippen LogP contribution in [0.4, 0.5) is 5.95 Å². The summed E-state index contributed by atoms with van der Waals surface area (Å²) in [5.41, 5.74) is 1.97. The van der Waals surface area contributed by atoms with Gasteiger partial charge in [0, 0.05) is 15.7 Å². The third-order valence-corrected chi connectivity index (χ3v) is 5.82. The van der Waals surface area contributed by atoms with Crippen molar-refractivity contribution in [3.63, 3.8) is 0 Å². The number of nitrogens with zero attached hydrogens (tertiary/aromatic N) is 4. The molecule has 1 atom stereocenters. The second kappa shape index (κ2) is 8.52. The molecule has 8 nitrogen and oxygen atoms in total. The van der Waals surface area contributed by atoms with Gasteiger partial charge in [-0.1, -0.05) is 27.4 Å². The zero-order chi connectivity index (χ0) is 20.4. The molecule has 154 valence electrons. The van der Waals surface area contributed by atoms with Crippen LogP contribution in [0.5, 0.6) is 5.75 Å². The maximum atomic E-state index is 13.3. The molecule has 29 heavy (non-hydrogen) atoms. The van der Waals surface area contributed by atoms with Gasteiger partial charge in [-0.2, -0.15) is 4.68 Å². The van der Waals surface area contributed by atoms with E-state index in [1.54, 1.807) is 4.68 Å². The lowest BCUT2D eigenvalue weighted by Crippen LogP contribution is -2.32. The molecule has 2 heterocycles. The van der Waals surface area contributed by atoms with Gasteiger partial charge in [-0.15, -0.1) is 0 Å². The Kier molecular flexibility index (Phi) is 5.84. The van der Waals surface area contributed by atoms with Crippen LogP contribution in [0.2, 0.25) is 0 Å². The standard InChI is InChI=1S/C20H24BrN5O3/c1-3-28-16-10-9-13(21)11-15(16)18-17(12(2)22-20-23-24-25-26(18)20)19(27)29-14-7-5-4-6-8-14/h9-11,14,18H,3-8H2,1-2H3,(H,22,23,25). The maximum Gasteiger partial charge on any atom is 0.338 e. The molecule has 0 radical (unpaired) electrons. The van der Waals surface area contributed by atoms with Crippen LogP contribution in [0, 0.1) is 0 Å². The highest BCUT2D eigenvalue weighted by Crippen LogP contribution is 2.40. The highest BCUT2D eigenvalue weighted by atomic mass is 79.9. The first-order valence-electron chi connectivity index (χ1n) is 9.97. The number of carbonyl (C=O) groups excluding carboxylic acids is 1. The Bertz CT molecular complexity index is 936. The monoisotopic (exact) mass is 461 g/mol. The molecule has 1 aromatic heterocycles. The number of fused-ring (bicyclic) bond motifs is 1. The second-order valence-electron chi connectivity index (χ2n) is 7.29. The first-order valence-corrected chi connectivity index (χ1v) is 10.8. The smallest absolute Gasteiger partial charge is 0.338 e. The zero-order valence-corrected chi connectivity index (χ0v) is 18.1. The lowest BCUT2D eigenvalue weighted by atomic mass is 9.94. The van der Waals surface area contributed by atoms with E-state index in [4.69, 9.17) is 9.47 Å². The van der Waals surface area contributed by atoms with Crippen molar-refractivity contribution in [3.8, 4) is 5.75 Å². The summed E-state index contributed by atoms with van der Waals surface area (Å²) in [6, 6.07) is 5.19. The minimum absolute atomic E-state index is 0.0404. The highest BCUT2D eigenvalue weighted by Gasteiger charge is 2.37. The summed E-state index contributed by atoms with van der Waals surface area (Å²) < 4.78 is 14.2. The predicted octanol–water partition coefficient (Wildman–Crippen LogP) is 4.00. The number of hydrogen-bond donors (Lipinski definition) is 1. The Balaban J connectivity index is 1.76. The van der Waals surface area contributed by atoms with E-state index in [-0.39, 0.29) is 12.1 Å². The molecule has 9 heteroatoms. The summed E-state index contributed by atoms with van der Waals surface area (Å²) in [5.74, 6) is 0.819. The summed E-state index contributed by atoms with van der Waals surface area (Å²) >= 11 is 3.53. The normalized spacial score (nSPS) is 19.5. The van der Waals surface area contributed by atoms with E-state index in [9.17, 15) is 4.79 Å². The number of esters is 1. The zero-order valence-electron chi connectivity index (χ0n) is 16.5. The first kappa shape index (κ1) is 19.9. The molecule has 2 aliphatic rings. The predicted molar refractivity (Wildman–Crippen MR) is 111 cm³/mol. The molecule has 1 N–H and O–H groups in total. The Morgan fingerprint density at radius 1 is 1.31 bits per heavy atom. The number of benzene rings is 1. The molecule has 0 amide bonds. The highest BCUT2D eigenvalue weighted by molar-refractivity contribution is 9.10. The van der Waals surface area contributed by atoms with Crippen molar-refractivity contribution >= 4 is 27.8 Å². The van der Waals surface area contributed by atoms with Crippen LogP contribution in [-0.4, -0.2) is 38.9 Å². The molecule has 1 aliphatic carbocycles. The largest absolute Gasteiger partial charge is 0.494 e. The number of rotatable bonds is 5. The van der Waals surface area contributed by atoms with Crippen LogP contribution >= 0.6 is 15.9 Å². The molecule has 0 spiro atoms. The fourth-order valence-electron chi connectivity index (χ4n) is 3.98. The number of halogens is 1. The lowest BCUT2D eigenvalue weighted by molar-refractivity contribution is -0.146. The summed E-state index contributed by atoms with van der Waals surface area (Å²) in [6.07, 6.45) is 5.16. The van der Waals surface area contributed by atoms with Gasteiger partial charge in [0.2, 0.25) is 5.95 Å². The molecule has 4 rings (SSSR count). The Morgan fingerprint density at radius 2 is 2.10 bits per heavy atom. The number of ether oxygens (including phenoxy) is 2. The number of carbonyl (C=O) groups is 1. The van der Waals surface area contributed by atoms with E-state index in [0.717, 1.165) is 35.7 Å². The van der Waals surface area contributed by atoms with Gasteiger partial charge >= 0.3 is 5.97 Å². The molecule has 0 saturated heterocycles. The topological polar surface area (TPSA) is 91.2 Å². The Hall–Kier alpha value is -2.42. The molecule has 0 bridgehead atoms. The molecular formula is C20H24BrN5O3. The molecule has 1 saturated carbocycles. The summed E-state index contributed by atoms with van der Waals surface area (Å²) in [7, 11) is 0. The summed E-state index contributed by atoms with van der Waals surface area (Å²) in [5, 5.41) is 15.1. The van der Waals surface area contributed by atoms with Crippen molar-refractivity contribution < 1.29 is 14.3 Å². The van der Waals surface area contributed by atoms with E-state index in [2.05, 4.69) is 36.8 Å². The van der Waals surface area contributed by atoms with Gasteiger partial charge in [-0.25, -0.2) is 4.79 Å². The molecule has 1 fully saturated rings.